The lowest BCUT2D eigenvalue weighted by Gasteiger charge is -2.15. The highest BCUT2D eigenvalue weighted by atomic mass is 19.2. The van der Waals surface area contributed by atoms with Gasteiger partial charge in [-0.25, -0.2) is 18.6 Å². The van der Waals surface area contributed by atoms with E-state index in [1.807, 2.05) is 0 Å². The van der Waals surface area contributed by atoms with E-state index in [1.54, 1.807) is 24.3 Å². The summed E-state index contributed by atoms with van der Waals surface area (Å²) < 4.78 is 34.9. The average Bonchev–Trinajstić information content (AvgIpc) is 3.34. The van der Waals surface area contributed by atoms with Crippen LogP contribution in [0.15, 0.2) is 52.1 Å². The molecule has 38 heavy (non-hydrogen) atoms. The first-order valence-corrected chi connectivity index (χ1v) is 12.3. The van der Waals surface area contributed by atoms with Gasteiger partial charge in [0.05, 0.1) is 13.2 Å². The fourth-order valence-electron chi connectivity index (χ4n) is 4.49. The molecule has 5 rings (SSSR count). The van der Waals surface area contributed by atoms with Crippen molar-refractivity contribution in [1.82, 2.24) is 29.2 Å². The summed E-state index contributed by atoms with van der Waals surface area (Å²) in [5.41, 5.74) is 5.43. The van der Waals surface area contributed by atoms with Gasteiger partial charge in [-0.05, 0) is 61.3 Å². The molecule has 1 fully saturated rings. The monoisotopic (exact) mass is 523 g/mol. The summed E-state index contributed by atoms with van der Waals surface area (Å²) in [5, 5.41) is 8.23. The zero-order valence-electron chi connectivity index (χ0n) is 20.8. The highest BCUT2D eigenvalue weighted by Crippen LogP contribution is 2.20. The second-order valence-corrected chi connectivity index (χ2v) is 9.36. The summed E-state index contributed by atoms with van der Waals surface area (Å²) >= 11 is 0. The zero-order chi connectivity index (χ0) is 26.8. The fraction of sp³-hybridized carbons (Fsp3) is 0.346. The number of benzene rings is 2. The van der Waals surface area contributed by atoms with E-state index in [-0.39, 0.29) is 29.6 Å². The number of hydrogen-bond acceptors (Lipinski definition) is 8. The third kappa shape index (κ3) is 5.31. The van der Waals surface area contributed by atoms with Crippen LogP contribution in [0.3, 0.4) is 0 Å². The van der Waals surface area contributed by atoms with Crippen LogP contribution in [-0.4, -0.2) is 61.5 Å². The number of nitrogens with zero attached hydrogens (tertiary/aromatic N) is 6. The predicted octanol–water partition coefficient (Wildman–Crippen LogP) is 1.68. The molecule has 0 amide bonds. The molecule has 0 bridgehead atoms. The molecule has 0 radical (unpaired) electrons. The quantitative estimate of drug-likeness (QED) is 0.347. The average molecular weight is 524 g/mol. The molecule has 2 N–H and O–H groups in total. The number of nitrogens with two attached hydrogens (primary N) is 1. The molecule has 1 aliphatic heterocycles. The number of rotatable bonds is 8. The largest absolute Gasteiger partial charge is 0.494 e. The summed E-state index contributed by atoms with van der Waals surface area (Å²) in [7, 11) is 1.32. The Morgan fingerprint density at radius 3 is 2.58 bits per heavy atom. The van der Waals surface area contributed by atoms with Gasteiger partial charge in [0.15, 0.2) is 28.6 Å². The Morgan fingerprint density at radius 1 is 1.08 bits per heavy atom. The van der Waals surface area contributed by atoms with Crippen molar-refractivity contribution in [3.05, 3.63) is 80.5 Å². The number of ether oxygens (including phenoxy) is 1. The summed E-state index contributed by atoms with van der Waals surface area (Å²) in [6.07, 6.45) is 1.92. The predicted molar refractivity (Wildman–Crippen MR) is 137 cm³/mol. The Bertz CT molecular complexity index is 1590. The van der Waals surface area contributed by atoms with Crippen molar-refractivity contribution in [2.45, 2.75) is 25.4 Å². The molecule has 4 aromatic rings. The smallest absolute Gasteiger partial charge is 0.332 e. The van der Waals surface area contributed by atoms with E-state index in [4.69, 9.17) is 10.5 Å². The Balaban J connectivity index is 1.34. The van der Waals surface area contributed by atoms with Crippen molar-refractivity contribution in [1.29, 1.82) is 0 Å². The van der Waals surface area contributed by atoms with Crippen LogP contribution >= 0.6 is 0 Å². The summed E-state index contributed by atoms with van der Waals surface area (Å²) in [6.45, 7) is 3.33. The van der Waals surface area contributed by atoms with E-state index in [9.17, 15) is 18.4 Å². The summed E-state index contributed by atoms with van der Waals surface area (Å²) in [6, 6.07) is 10.7. The van der Waals surface area contributed by atoms with E-state index in [0.29, 0.717) is 23.5 Å². The van der Waals surface area contributed by atoms with Gasteiger partial charge in [-0.15, -0.1) is 10.2 Å². The standard InChI is InChI=1S/C26H27F2N7O3/c1-33-25(36)22-24(35(26(33)37)14-16-3-8-20(27)21(28)13-16)32-31-23(30-22)17-4-6-19(7-5-17)38-12-2-10-34-11-9-18(29)15-34/h3-8,13,18H,2,9-12,14-15,29H2,1H3. The Morgan fingerprint density at radius 2 is 1.87 bits per heavy atom. The first kappa shape index (κ1) is 25.6. The molecular weight excluding hydrogens is 496 g/mol. The number of halogens is 2. The topological polar surface area (TPSA) is 121 Å². The van der Waals surface area contributed by atoms with Crippen molar-refractivity contribution in [3.8, 4) is 17.1 Å². The van der Waals surface area contributed by atoms with Gasteiger partial charge in [-0.3, -0.25) is 13.9 Å². The lowest BCUT2D eigenvalue weighted by molar-refractivity contribution is 0.262. The number of hydrogen-bond donors (Lipinski definition) is 1. The van der Waals surface area contributed by atoms with Gasteiger partial charge in [0.1, 0.15) is 5.75 Å². The van der Waals surface area contributed by atoms with Crippen LogP contribution in [0.4, 0.5) is 8.78 Å². The SMILES string of the molecule is Cn1c(=O)c2nc(-c3ccc(OCCCN4CCC(N)C4)cc3)nnc2n(Cc2ccc(F)c(F)c2)c1=O. The molecule has 0 aliphatic carbocycles. The van der Waals surface area contributed by atoms with Crippen LogP contribution in [0.25, 0.3) is 22.6 Å². The van der Waals surface area contributed by atoms with Crippen LogP contribution in [-0.2, 0) is 13.6 Å². The maximum atomic E-state index is 13.7. The Kier molecular flexibility index (Phi) is 7.25. The second-order valence-electron chi connectivity index (χ2n) is 9.36. The number of fused-ring (bicyclic) bond motifs is 1. The molecule has 1 atom stereocenters. The maximum Gasteiger partial charge on any atom is 0.332 e. The van der Waals surface area contributed by atoms with Crippen molar-refractivity contribution in [3.63, 3.8) is 0 Å². The van der Waals surface area contributed by atoms with Crippen LogP contribution in [0.5, 0.6) is 5.75 Å². The molecule has 0 saturated carbocycles. The first-order chi connectivity index (χ1) is 18.3. The van der Waals surface area contributed by atoms with Crippen LogP contribution < -0.4 is 21.7 Å². The molecule has 198 valence electrons. The zero-order valence-corrected chi connectivity index (χ0v) is 20.8. The minimum Gasteiger partial charge on any atom is -0.494 e. The lowest BCUT2D eigenvalue weighted by Crippen LogP contribution is -2.39. The van der Waals surface area contributed by atoms with Crippen molar-refractivity contribution < 1.29 is 13.5 Å². The summed E-state index contributed by atoms with van der Waals surface area (Å²) in [4.78, 5) is 32.3. The fourth-order valence-corrected chi connectivity index (χ4v) is 4.49. The van der Waals surface area contributed by atoms with Crippen molar-refractivity contribution in [2.75, 3.05) is 26.2 Å². The second kappa shape index (κ2) is 10.8. The van der Waals surface area contributed by atoms with E-state index in [1.165, 1.54) is 13.1 Å². The van der Waals surface area contributed by atoms with E-state index in [2.05, 4.69) is 20.1 Å². The maximum absolute atomic E-state index is 13.7. The molecule has 1 saturated heterocycles. The van der Waals surface area contributed by atoms with Crippen LogP contribution in [0, 0.1) is 11.6 Å². The Labute approximate surface area is 216 Å². The molecular formula is C26H27F2N7O3. The molecule has 1 aliphatic rings. The molecule has 12 heteroatoms. The Hall–Kier alpha value is -4.03. The number of aromatic nitrogens is 5. The van der Waals surface area contributed by atoms with Gasteiger partial charge in [0.25, 0.3) is 5.56 Å². The molecule has 10 nitrogen and oxygen atoms in total. The minimum atomic E-state index is -1.04. The van der Waals surface area contributed by atoms with Gasteiger partial charge < -0.3 is 15.4 Å². The molecule has 2 aromatic heterocycles. The minimum absolute atomic E-state index is 0.0505. The van der Waals surface area contributed by atoms with Gasteiger partial charge >= 0.3 is 5.69 Å². The molecule has 3 heterocycles. The van der Waals surface area contributed by atoms with E-state index in [0.717, 1.165) is 53.7 Å². The normalized spacial score (nSPS) is 15.8. The van der Waals surface area contributed by atoms with Gasteiger partial charge in [-0.2, -0.15) is 0 Å². The third-order valence-electron chi connectivity index (χ3n) is 6.58. The molecule has 0 spiro atoms. The van der Waals surface area contributed by atoms with Crippen molar-refractivity contribution in [2.24, 2.45) is 12.8 Å². The van der Waals surface area contributed by atoms with E-state index < -0.39 is 22.9 Å². The lowest BCUT2D eigenvalue weighted by atomic mass is 10.2. The van der Waals surface area contributed by atoms with Crippen LogP contribution in [0.2, 0.25) is 0 Å². The van der Waals surface area contributed by atoms with Gasteiger partial charge in [-0.1, -0.05) is 6.07 Å². The van der Waals surface area contributed by atoms with Crippen molar-refractivity contribution >= 4 is 11.2 Å². The van der Waals surface area contributed by atoms with E-state index >= 15 is 0 Å². The van der Waals surface area contributed by atoms with Gasteiger partial charge in [0.2, 0.25) is 0 Å². The van der Waals surface area contributed by atoms with Crippen LogP contribution in [0.1, 0.15) is 18.4 Å². The first-order valence-electron chi connectivity index (χ1n) is 12.3. The van der Waals surface area contributed by atoms with Gasteiger partial charge in [0, 0.05) is 31.7 Å². The third-order valence-corrected chi connectivity index (χ3v) is 6.58. The number of likely N-dealkylation sites (tertiary alicyclic amines) is 1. The molecule has 2 aromatic carbocycles. The highest BCUT2D eigenvalue weighted by Gasteiger charge is 2.19. The molecule has 1 unspecified atom stereocenters. The summed E-state index contributed by atoms with van der Waals surface area (Å²) in [5.74, 6) is -1.15. The highest BCUT2D eigenvalue weighted by molar-refractivity contribution is 5.71.